The third kappa shape index (κ3) is 6.13. The molecule has 2 heterocycles. The van der Waals surface area contributed by atoms with Crippen LogP contribution >= 0.6 is 39.7 Å². The smallest absolute Gasteiger partial charge is 0.251 e. The van der Waals surface area contributed by atoms with Crippen molar-refractivity contribution in [3.63, 3.8) is 0 Å². The van der Waals surface area contributed by atoms with Gasteiger partial charge in [-0.2, -0.15) is 0 Å². The number of benzene rings is 3. The van der Waals surface area contributed by atoms with E-state index in [-0.39, 0.29) is 24.1 Å². The number of hydrogen-bond donors (Lipinski definition) is 1. The van der Waals surface area contributed by atoms with Crippen LogP contribution in [0.25, 0.3) is 10.2 Å². The number of fused-ring (bicyclic) bond motifs is 1. The van der Waals surface area contributed by atoms with Crippen molar-refractivity contribution in [2.75, 3.05) is 44.2 Å². The minimum Gasteiger partial charge on any atom is -0.351 e. The van der Waals surface area contributed by atoms with Gasteiger partial charge in [0.15, 0.2) is 10.9 Å². The SMILES string of the molecule is Cl.O=C(NCCN1CCN(c2nc3ccc(Br)cc3s2)CC1)c1ccc(C(=O)c2ccccc2)cc1. The van der Waals surface area contributed by atoms with Crippen molar-refractivity contribution in [3.8, 4) is 0 Å². The molecule has 6 nitrogen and oxygen atoms in total. The molecule has 0 radical (unpaired) electrons. The highest BCUT2D eigenvalue weighted by molar-refractivity contribution is 9.10. The summed E-state index contributed by atoms with van der Waals surface area (Å²) in [6, 6.07) is 22.2. The van der Waals surface area contributed by atoms with Gasteiger partial charge in [0, 0.05) is 60.4 Å². The van der Waals surface area contributed by atoms with Gasteiger partial charge >= 0.3 is 0 Å². The predicted molar refractivity (Wildman–Crippen MR) is 152 cm³/mol. The molecule has 1 aromatic heterocycles. The summed E-state index contributed by atoms with van der Waals surface area (Å²) in [4.78, 5) is 34.6. The summed E-state index contributed by atoms with van der Waals surface area (Å²) >= 11 is 5.26. The fourth-order valence-electron chi connectivity index (χ4n) is 4.14. The molecule has 0 spiro atoms. The Balaban J connectivity index is 0.00000304. The number of hydrogen-bond acceptors (Lipinski definition) is 6. The third-order valence-corrected chi connectivity index (χ3v) is 7.71. The summed E-state index contributed by atoms with van der Waals surface area (Å²) in [5.74, 6) is -0.168. The lowest BCUT2D eigenvalue weighted by atomic mass is 10.0. The zero-order valence-corrected chi connectivity index (χ0v) is 22.7. The quantitative estimate of drug-likeness (QED) is 0.300. The van der Waals surface area contributed by atoms with E-state index in [0.29, 0.717) is 23.2 Å². The van der Waals surface area contributed by atoms with Crippen LogP contribution in [0.4, 0.5) is 5.13 Å². The summed E-state index contributed by atoms with van der Waals surface area (Å²) in [7, 11) is 0. The molecule has 1 aliphatic heterocycles. The van der Waals surface area contributed by atoms with Gasteiger partial charge in [-0.25, -0.2) is 4.98 Å². The summed E-state index contributed by atoms with van der Waals surface area (Å²) in [5, 5.41) is 4.07. The van der Waals surface area contributed by atoms with Crippen molar-refractivity contribution in [2.45, 2.75) is 0 Å². The number of rotatable bonds is 7. The molecule has 1 saturated heterocycles. The van der Waals surface area contributed by atoms with E-state index < -0.39 is 0 Å². The van der Waals surface area contributed by atoms with E-state index in [1.807, 2.05) is 30.3 Å². The molecule has 1 aliphatic rings. The maximum atomic E-state index is 12.6. The Labute approximate surface area is 228 Å². The minimum absolute atomic E-state index is 0. The maximum Gasteiger partial charge on any atom is 0.251 e. The number of nitrogens with zero attached hydrogens (tertiary/aromatic N) is 3. The first-order valence-corrected chi connectivity index (χ1v) is 13.2. The topological polar surface area (TPSA) is 65.5 Å². The number of ketones is 1. The molecule has 5 rings (SSSR count). The number of carbonyl (C=O) groups excluding carboxylic acids is 2. The zero-order valence-electron chi connectivity index (χ0n) is 19.5. The van der Waals surface area contributed by atoms with E-state index in [4.69, 9.17) is 4.98 Å². The van der Waals surface area contributed by atoms with E-state index in [2.05, 4.69) is 37.1 Å². The Hall–Kier alpha value is -2.78. The number of halogens is 2. The average Bonchev–Trinajstić information content (AvgIpc) is 3.32. The van der Waals surface area contributed by atoms with Crippen LogP contribution in [0.15, 0.2) is 77.3 Å². The van der Waals surface area contributed by atoms with Crippen molar-refractivity contribution in [1.29, 1.82) is 0 Å². The molecule has 0 aliphatic carbocycles. The Morgan fingerprint density at radius 1 is 0.889 bits per heavy atom. The second-order valence-corrected chi connectivity index (χ2v) is 10.4. The molecule has 36 heavy (non-hydrogen) atoms. The number of thiazole rings is 1. The van der Waals surface area contributed by atoms with Crippen LogP contribution in [-0.4, -0.2) is 60.8 Å². The second kappa shape index (κ2) is 12.0. The van der Waals surface area contributed by atoms with Crippen LogP contribution in [0.2, 0.25) is 0 Å². The van der Waals surface area contributed by atoms with Crippen LogP contribution in [0.3, 0.4) is 0 Å². The van der Waals surface area contributed by atoms with Crippen molar-refractivity contribution in [2.24, 2.45) is 0 Å². The Bertz CT molecular complexity index is 1340. The molecular formula is C27H26BrClN4O2S. The van der Waals surface area contributed by atoms with Gasteiger partial charge < -0.3 is 10.2 Å². The number of nitrogens with one attached hydrogen (secondary N) is 1. The standard InChI is InChI=1S/C27H25BrN4O2S.ClH/c28-22-10-11-23-24(18-22)35-27(30-23)32-16-14-31(15-17-32)13-12-29-26(34)21-8-6-20(7-9-21)25(33)19-4-2-1-3-5-19;/h1-11,18H,12-17H2,(H,29,34);1H. The van der Waals surface area contributed by atoms with E-state index in [1.54, 1.807) is 47.7 Å². The van der Waals surface area contributed by atoms with Gasteiger partial charge in [-0.15, -0.1) is 12.4 Å². The monoisotopic (exact) mass is 584 g/mol. The number of piperazine rings is 1. The Morgan fingerprint density at radius 3 is 2.28 bits per heavy atom. The first-order chi connectivity index (χ1) is 17.1. The van der Waals surface area contributed by atoms with Gasteiger partial charge in [0.1, 0.15) is 0 Å². The van der Waals surface area contributed by atoms with E-state index >= 15 is 0 Å². The fraction of sp³-hybridized carbons (Fsp3) is 0.222. The molecule has 3 aromatic carbocycles. The van der Waals surface area contributed by atoms with Gasteiger partial charge in [-0.05, 0) is 30.3 Å². The van der Waals surface area contributed by atoms with Gasteiger partial charge in [0.05, 0.1) is 10.2 Å². The Morgan fingerprint density at radius 2 is 1.56 bits per heavy atom. The molecule has 1 fully saturated rings. The first kappa shape index (κ1) is 26.3. The first-order valence-electron chi connectivity index (χ1n) is 11.6. The molecule has 0 saturated carbocycles. The van der Waals surface area contributed by atoms with Crippen LogP contribution < -0.4 is 10.2 Å². The zero-order chi connectivity index (χ0) is 24.2. The van der Waals surface area contributed by atoms with Gasteiger partial charge in [0.2, 0.25) is 0 Å². The highest BCUT2D eigenvalue weighted by atomic mass is 79.9. The molecule has 186 valence electrons. The van der Waals surface area contributed by atoms with Gasteiger partial charge in [-0.1, -0.05) is 69.7 Å². The largest absolute Gasteiger partial charge is 0.351 e. The van der Waals surface area contributed by atoms with Crippen LogP contribution in [0, 0.1) is 0 Å². The third-order valence-electron chi connectivity index (χ3n) is 6.14. The van der Waals surface area contributed by atoms with E-state index in [1.165, 1.54) is 4.70 Å². The predicted octanol–water partition coefficient (Wildman–Crippen LogP) is 5.26. The van der Waals surface area contributed by atoms with Crippen LogP contribution in [-0.2, 0) is 0 Å². The molecule has 1 N–H and O–H groups in total. The van der Waals surface area contributed by atoms with Crippen molar-refractivity contribution in [1.82, 2.24) is 15.2 Å². The molecule has 9 heteroatoms. The molecule has 1 amide bonds. The fourth-order valence-corrected chi connectivity index (χ4v) is 5.71. The van der Waals surface area contributed by atoms with Crippen molar-refractivity contribution in [3.05, 3.63) is 94.0 Å². The number of amides is 1. The highest BCUT2D eigenvalue weighted by Gasteiger charge is 2.20. The minimum atomic E-state index is -0.122. The summed E-state index contributed by atoms with van der Waals surface area (Å²) in [5.41, 5.74) is 2.81. The van der Waals surface area contributed by atoms with Crippen molar-refractivity contribution < 1.29 is 9.59 Å². The van der Waals surface area contributed by atoms with Gasteiger partial charge in [0.25, 0.3) is 5.91 Å². The Kier molecular flexibility index (Phi) is 8.74. The molecular weight excluding hydrogens is 560 g/mol. The van der Waals surface area contributed by atoms with E-state index in [9.17, 15) is 9.59 Å². The molecule has 0 unspecified atom stereocenters. The van der Waals surface area contributed by atoms with E-state index in [0.717, 1.165) is 47.8 Å². The van der Waals surface area contributed by atoms with Gasteiger partial charge in [-0.3, -0.25) is 14.5 Å². The normalized spacial score (nSPS) is 13.9. The lowest BCUT2D eigenvalue weighted by Gasteiger charge is -2.34. The molecule has 0 atom stereocenters. The number of anilines is 1. The summed E-state index contributed by atoms with van der Waals surface area (Å²) < 4.78 is 2.26. The second-order valence-electron chi connectivity index (χ2n) is 8.47. The highest BCUT2D eigenvalue weighted by Crippen LogP contribution is 2.31. The van der Waals surface area contributed by atoms with Crippen LogP contribution in [0.5, 0.6) is 0 Å². The van der Waals surface area contributed by atoms with Crippen molar-refractivity contribution >= 4 is 66.7 Å². The lowest BCUT2D eigenvalue weighted by molar-refractivity contribution is 0.0946. The molecule has 4 aromatic rings. The number of aromatic nitrogens is 1. The number of carbonyl (C=O) groups is 2. The lowest BCUT2D eigenvalue weighted by Crippen LogP contribution is -2.48. The van der Waals surface area contributed by atoms with Crippen LogP contribution in [0.1, 0.15) is 26.3 Å². The maximum absolute atomic E-state index is 12.6. The summed E-state index contributed by atoms with van der Waals surface area (Å²) in [6.07, 6.45) is 0. The average molecular weight is 586 g/mol. The molecule has 0 bridgehead atoms. The summed E-state index contributed by atoms with van der Waals surface area (Å²) in [6.45, 7) is 5.10.